The van der Waals surface area contributed by atoms with Crippen LogP contribution in [0.3, 0.4) is 0 Å². The van der Waals surface area contributed by atoms with Crippen LogP contribution in [0.4, 0.5) is 0 Å². The Morgan fingerprint density at radius 3 is 2.79 bits per heavy atom. The highest BCUT2D eigenvalue weighted by Gasteiger charge is 2.14. The molecule has 0 aliphatic carbocycles. The lowest BCUT2D eigenvalue weighted by Crippen LogP contribution is -2.33. The van der Waals surface area contributed by atoms with Crippen molar-refractivity contribution < 1.29 is 0 Å². The van der Waals surface area contributed by atoms with E-state index in [0.29, 0.717) is 6.04 Å². The van der Waals surface area contributed by atoms with Crippen molar-refractivity contribution >= 4 is 0 Å². The Kier molecular flexibility index (Phi) is 2.68. The van der Waals surface area contributed by atoms with Crippen molar-refractivity contribution in [2.24, 2.45) is 0 Å². The number of hydrogen-bond donors (Lipinski definition) is 1. The Labute approximate surface area is 83.8 Å². The molecule has 0 radical (unpaired) electrons. The number of aryl methyl sites for hydroxylation is 1. The third kappa shape index (κ3) is 1.87. The maximum Gasteiger partial charge on any atom is 0.251 e. The first-order valence-electron chi connectivity index (χ1n) is 5.17. The van der Waals surface area contributed by atoms with Gasteiger partial charge in [0.25, 0.3) is 5.56 Å². The van der Waals surface area contributed by atoms with Crippen LogP contribution in [0.5, 0.6) is 0 Å². The van der Waals surface area contributed by atoms with Gasteiger partial charge in [-0.15, -0.1) is 0 Å². The summed E-state index contributed by atoms with van der Waals surface area (Å²) in [7, 11) is 0. The van der Waals surface area contributed by atoms with E-state index in [4.69, 9.17) is 0 Å². The number of aromatic nitrogens is 1. The molecular formula is C11H16N2O. The van der Waals surface area contributed by atoms with Crippen molar-refractivity contribution in [1.82, 2.24) is 9.88 Å². The quantitative estimate of drug-likeness (QED) is 0.722. The summed E-state index contributed by atoms with van der Waals surface area (Å²) in [6.07, 6.45) is 4.04. The molecule has 0 aromatic carbocycles. The van der Waals surface area contributed by atoms with E-state index >= 15 is 0 Å². The van der Waals surface area contributed by atoms with Gasteiger partial charge in [-0.25, -0.2) is 0 Å². The largest absolute Gasteiger partial charge is 0.317 e. The molecule has 76 valence electrons. The molecule has 0 amide bonds. The molecule has 1 aliphatic heterocycles. The Hall–Kier alpha value is -1.09. The van der Waals surface area contributed by atoms with Crippen LogP contribution in [0.1, 0.15) is 24.4 Å². The van der Waals surface area contributed by atoms with Gasteiger partial charge in [-0.2, -0.15) is 0 Å². The summed E-state index contributed by atoms with van der Waals surface area (Å²) in [6.45, 7) is 3.99. The fraction of sp³-hybridized carbons (Fsp3) is 0.545. The molecule has 0 atom stereocenters. The molecule has 0 unspecified atom stereocenters. The highest BCUT2D eigenvalue weighted by molar-refractivity contribution is 5.08. The van der Waals surface area contributed by atoms with Crippen molar-refractivity contribution in [1.29, 1.82) is 0 Å². The zero-order valence-electron chi connectivity index (χ0n) is 8.49. The maximum absolute atomic E-state index is 11.7. The van der Waals surface area contributed by atoms with Crippen LogP contribution >= 0.6 is 0 Å². The average molecular weight is 192 g/mol. The lowest BCUT2D eigenvalue weighted by atomic mass is 10.1. The summed E-state index contributed by atoms with van der Waals surface area (Å²) >= 11 is 0. The third-order valence-electron chi connectivity index (χ3n) is 2.81. The second kappa shape index (κ2) is 3.96. The van der Waals surface area contributed by atoms with Crippen molar-refractivity contribution in [2.45, 2.75) is 25.8 Å². The molecule has 1 aliphatic rings. The molecule has 2 rings (SSSR count). The summed E-state index contributed by atoms with van der Waals surface area (Å²) < 4.78 is 1.87. The van der Waals surface area contributed by atoms with Crippen LogP contribution < -0.4 is 10.9 Å². The molecule has 1 aromatic rings. The number of rotatable bonds is 1. The van der Waals surface area contributed by atoms with Crippen molar-refractivity contribution in [2.75, 3.05) is 13.1 Å². The number of nitrogens with zero attached hydrogens (tertiary/aromatic N) is 1. The zero-order chi connectivity index (χ0) is 9.97. The number of piperidine rings is 1. The molecule has 1 saturated heterocycles. The molecular weight excluding hydrogens is 176 g/mol. The number of hydrogen-bond acceptors (Lipinski definition) is 2. The molecule has 1 fully saturated rings. The number of pyridine rings is 1. The van der Waals surface area contributed by atoms with Crippen molar-refractivity contribution in [3.8, 4) is 0 Å². The van der Waals surface area contributed by atoms with E-state index in [-0.39, 0.29) is 5.56 Å². The molecule has 2 heterocycles. The zero-order valence-corrected chi connectivity index (χ0v) is 8.49. The predicted octanol–water partition coefficient (Wildman–Crippen LogP) is 1.08. The third-order valence-corrected chi connectivity index (χ3v) is 2.81. The Bertz CT molecular complexity index is 364. The molecule has 0 bridgehead atoms. The van der Waals surface area contributed by atoms with Gasteiger partial charge in [-0.1, -0.05) is 0 Å². The predicted molar refractivity (Wildman–Crippen MR) is 56.6 cm³/mol. The molecule has 1 N–H and O–H groups in total. The fourth-order valence-electron chi connectivity index (χ4n) is 1.98. The molecule has 14 heavy (non-hydrogen) atoms. The first-order chi connectivity index (χ1) is 6.77. The highest BCUT2D eigenvalue weighted by Crippen LogP contribution is 2.15. The van der Waals surface area contributed by atoms with E-state index in [9.17, 15) is 4.79 Å². The van der Waals surface area contributed by atoms with Gasteiger partial charge in [0, 0.05) is 18.3 Å². The van der Waals surface area contributed by atoms with Gasteiger partial charge >= 0.3 is 0 Å². The van der Waals surface area contributed by atoms with Gasteiger partial charge in [0.2, 0.25) is 0 Å². The van der Waals surface area contributed by atoms with Crippen LogP contribution in [0.25, 0.3) is 0 Å². The Morgan fingerprint density at radius 2 is 2.14 bits per heavy atom. The first kappa shape index (κ1) is 9.46. The topological polar surface area (TPSA) is 34.0 Å². The Morgan fingerprint density at radius 1 is 1.43 bits per heavy atom. The second-order valence-corrected chi connectivity index (χ2v) is 3.93. The van der Waals surface area contributed by atoms with Gasteiger partial charge in [0.15, 0.2) is 0 Å². The van der Waals surface area contributed by atoms with Crippen LogP contribution in [0.15, 0.2) is 23.1 Å². The average Bonchev–Trinajstić information content (AvgIpc) is 2.19. The molecule has 0 spiro atoms. The molecule has 3 heteroatoms. The van der Waals surface area contributed by atoms with E-state index in [2.05, 4.69) is 5.32 Å². The van der Waals surface area contributed by atoms with Gasteiger partial charge in [0.1, 0.15) is 0 Å². The van der Waals surface area contributed by atoms with Crippen LogP contribution in [-0.4, -0.2) is 17.7 Å². The lowest BCUT2D eigenvalue weighted by molar-refractivity contribution is 0.360. The van der Waals surface area contributed by atoms with E-state index in [0.717, 1.165) is 31.5 Å². The van der Waals surface area contributed by atoms with Crippen molar-refractivity contribution in [3.63, 3.8) is 0 Å². The van der Waals surface area contributed by atoms with E-state index in [1.807, 2.05) is 23.8 Å². The number of nitrogens with one attached hydrogen (secondary N) is 1. The highest BCUT2D eigenvalue weighted by atomic mass is 16.1. The SMILES string of the molecule is Cc1ccn(C2CCNCC2)c(=O)c1. The van der Waals surface area contributed by atoms with Crippen LogP contribution in [0.2, 0.25) is 0 Å². The van der Waals surface area contributed by atoms with Gasteiger partial charge < -0.3 is 9.88 Å². The lowest BCUT2D eigenvalue weighted by Gasteiger charge is -2.24. The minimum absolute atomic E-state index is 0.136. The Balaban J connectivity index is 2.26. The minimum Gasteiger partial charge on any atom is -0.317 e. The van der Waals surface area contributed by atoms with Crippen molar-refractivity contribution in [3.05, 3.63) is 34.2 Å². The smallest absolute Gasteiger partial charge is 0.251 e. The van der Waals surface area contributed by atoms with E-state index in [1.165, 1.54) is 0 Å². The normalized spacial score (nSPS) is 18.4. The maximum atomic E-state index is 11.7. The monoisotopic (exact) mass is 192 g/mol. The van der Waals surface area contributed by atoms with E-state index in [1.54, 1.807) is 6.07 Å². The van der Waals surface area contributed by atoms with Gasteiger partial charge in [-0.05, 0) is 44.5 Å². The molecule has 1 aromatic heterocycles. The second-order valence-electron chi connectivity index (χ2n) is 3.93. The summed E-state index contributed by atoms with van der Waals surface area (Å²) in [5, 5.41) is 3.30. The van der Waals surface area contributed by atoms with Crippen LogP contribution in [-0.2, 0) is 0 Å². The molecule has 3 nitrogen and oxygen atoms in total. The summed E-state index contributed by atoms with van der Waals surface area (Å²) in [5.41, 5.74) is 1.18. The van der Waals surface area contributed by atoms with Gasteiger partial charge in [-0.3, -0.25) is 4.79 Å². The van der Waals surface area contributed by atoms with Gasteiger partial charge in [0.05, 0.1) is 0 Å². The summed E-state index contributed by atoms with van der Waals surface area (Å²) in [6, 6.07) is 4.11. The first-order valence-corrected chi connectivity index (χ1v) is 5.17. The van der Waals surface area contributed by atoms with Crippen LogP contribution in [0, 0.1) is 6.92 Å². The van der Waals surface area contributed by atoms with E-state index < -0.39 is 0 Å². The fourth-order valence-corrected chi connectivity index (χ4v) is 1.98. The standard InChI is InChI=1S/C11H16N2O/c1-9-4-7-13(11(14)8-9)10-2-5-12-6-3-10/h4,7-8,10,12H,2-3,5-6H2,1H3. The summed E-state index contributed by atoms with van der Waals surface area (Å²) in [4.78, 5) is 11.7. The summed E-state index contributed by atoms with van der Waals surface area (Å²) in [5.74, 6) is 0. The molecule has 0 saturated carbocycles. The minimum atomic E-state index is 0.136.